The van der Waals surface area contributed by atoms with Gasteiger partial charge >= 0.3 is 0 Å². The minimum atomic E-state index is -0.277. The van der Waals surface area contributed by atoms with Crippen molar-refractivity contribution in [2.24, 2.45) is 0 Å². The molecule has 0 bridgehead atoms. The van der Waals surface area contributed by atoms with Gasteiger partial charge in [-0.3, -0.25) is 0 Å². The van der Waals surface area contributed by atoms with Crippen molar-refractivity contribution < 1.29 is 9.13 Å². The van der Waals surface area contributed by atoms with E-state index in [0.717, 1.165) is 0 Å². The molecule has 0 saturated carbocycles. The minimum absolute atomic E-state index is 0.268. The third-order valence-corrected chi connectivity index (χ3v) is 1.61. The van der Waals surface area contributed by atoms with Crippen LogP contribution in [0.15, 0.2) is 24.8 Å². The molecule has 1 aromatic carbocycles. The molecule has 2 heteroatoms. The highest BCUT2D eigenvalue weighted by molar-refractivity contribution is 5.50. The van der Waals surface area contributed by atoms with Crippen LogP contribution in [0.4, 0.5) is 4.39 Å². The number of ether oxygens (including phenoxy) is 1. The van der Waals surface area contributed by atoms with Crippen LogP contribution >= 0.6 is 0 Å². The van der Waals surface area contributed by atoms with Gasteiger partial charge < -0.3 is 4.74 Å². The van der Waals surface area contributed by atoms with E-state index in [4.69, 9.17) is 4.74 Å². The van der Waals surface area contributed by atoms with Gasteiger partial charge in [-0.1, -0.05) is 12.7 Å². The molecule has 0 radical (unpaired) electrons. The van der Waals surface area contributed by atoms with Crippen molar-refractivity contribution in [1.29, 1.82) is 0 Å². The summed E-state index contributed by atoms with van der Waals surface area (Å²) in [5.41, 5.74) is 0.197. The fourth-order valence-electron chi connectivity index (χ4n) is 1.10. The van der Waals surface area contributed by atoms with E-state index >= 15 is 0 Å². The maximum Gasteiger partial charge on any atom is 0.130 e. The van der Waals surface area contributed by atoms with Gasteiger partial charge in [-0.05, 0) is 39.0 Å². The molecular formula is C12H15FO. The third kappa shape index (κ3) is 2.87. The average molecular weight is 194 g/mol. The molecule has 0 atom stereocenters. The Morgan fingerprint density at radius 3 is 2.50 bits per heavy atom. The Bertz CT molecular complexity index is 337. The lowest BCUT2D eigenvalue weighted by atomic mass is 10.1. The standard InChI is InChI=1S/C12H15FO/c1-5-9-8-10(6-7-11(9)13)14-12(2,3)4/h5-8H,1H2,2-4H3. The molecule has 14 heavy (non-hydrogen) atoms. The zero-order chi connectivity index (χ0) is 10.8. The van der Waals surface area contributed by atoms with Crippen LogP contribution in [0.25, 0.3) is 6.08 Å². The van der Waals surface area contributed by atoms with Gasteiger partial charge in [-0.15, -0.1) is 0 Å². The summed E-state index contributed by atoms with van der Waals surface area (Å²) < 4.78 is 18.7. The molecule has 1 nitrogen and oxygen atoms in total. The number of rotatable bonds is 2. The molecule has 0 aliphatic rings. The van der Waals surface area contributed by atoms with E-state index in [-0.39, 0.29) is 11.4 Å². The van der Waals surface area contributed by atoms with Gasteiger partial charge in [0.05, 0.1) is 0 Å². The molecule has 0 N–H and O–H groups in total. The normalized spacial score (nSPS) is 11.1. The second kappa shape index (κ2) is 3.82. The topological polar surface area (TPSA) is 9.23 Å². The van der Waals surface area contributed by atoms with Crippen LogP contribution in [0, 0.1) is 5.82 Å². The summed E-state index contributed by atoms with van der Waals surface area (Å²) in [5.74, 6) is 0.384. The SMILES string of the molecule is C=Cc1cc(OC(C)(C)C)ccc1F. The van der Waals surface area contributed by atoms with Crippen molar-refractivity contribution >= 4 is 6.08 Å². The Morgan fingerprint density at radius 1 is 1.36 bits per heavy atom. The Hall–Kier alpha value is -1.31. The summed E-state index contributed by atoms with van der Waals surface area (Å²) in [7, 11) is 0. The van der Waals surface area contributed by atoms with E-state index in [9.17, 15) is 4.39 Å². The lowest BCUT2D eigenvalue weighted by Crippen LogP contribution is -2.22. The van der Waals surface area contributed by atoms with Crippen molar-refractivity contribution in [3.05, 3.63) is 36.2 Å². The quantitative estimate of drug-likeness (QED) is 0.698. The molecule has 76 valence electrons. The Balaban J connectivity index is 2.95. The summed E-state index contributed by atoms with van der Waals surface area (Å²) in [6.45, 7) is 9.38. The highest BCUT2D eigenvalue weighted by Crippen LogP contribution is 2.21. The summed E-state index contributed by atoms with van der Waals surface area (Å²) >= 11 is 0. The highest BCUT2D eigenvalue weighted by Gasteiger charge is 2.12. The van der Waals surface area contributed by atoms with Gasteiger partial charge in [0.25, 0.3) is 0 Å². The molecule has 0 heterocycles. The molecule has 1 rings (SSSR count). The van der Waals surface area contributed by atoms with Crippen molar-refractivity contribution in [3.8, 4) is 5.75 Å². The van der Waals surface area contributed by atoms with Crippen LogP contribution in [-0.4, -0.2) is 5.60 Å². The molecule has 0 aromatic heterocycles. The van der Waals surface area contributed by atoms with E-state index in [1.807, 2.05) is 20.8 Å². The lowest BCUT2D eigenvalue weighted by molar-refractivity contribution is 0.131. The van der Waals surface area contributed by atoms with Crippen LogP contribution in [0.5, 0.6) is 5.75 Å². The first kappa shape index (κ1) is 10.8. The number of hydrogen-bond acceptors (Lipinski definition) is 1. The number of benzene rings is 1. The van der Waals surface area contributed by atoms with Crippen LogP contribution in [0.1, 0.15) is 26.3 Å². The Morgan fingerprint density at radius 2 is 2.00 bits per heavy atom. The van der Waals surface area contributed by atoms with E-state index < -0.39 is 0 Å². The van der Waals surface area contributed by atoms with E-state index in [1.165, 1.54) is 12.1 Å². The van der Waals surface area contributed by atoms with Gasteiger partial charge in [0, 0.05) is 5.56 Å². The summed E-state index contributed by atoms with van der Waals surface area (Å²) in [6, 6.07) is 4.65. The van der Waals surface area contributed by atoms with Crippen molar-refractivity contribution in [1.82, 2.24) is 0 Å². The van der Waals surface area contributed by atoms with Gasteiger partial charge in [0.2, 0.25) is 0 Å². The Labute approximate surface area is 84.2 Å². The average Bonchev–Trinajstić information content (AvgIpc) is 2.06. The molecular weight excluding hydrogens is 179 g/mol. The molecule has 0 fully saturated rings. The van der Waals surface area contributed by atoms with Gasteiger partial charge in [0.1, 0.15) is 17.2 Å². The van der Waals surface area contributed by atoms with Crippen LogP contribution in [-0.2, 0) is 0 Å². The summed E-state index contributed by atoms with van der Waals surface area (Å²) in [5, 5.41) is 0. The van der Waals surface area contributed by atoms with E-state index in [2.05, 4.69) is 6.58 Å². The van der Waals surface area contributed by atoms with Gasteiger partial charge in [0.15, 0.2) is 0 Å². The first-order valence-corrected chi connectivity index (χ1v) is 4.53. The first-order chi connectivity index (χ1) is 6.42. The Kier molecular flexibility index (Phi) is 2.94. The first-order valence-electron chi connectivity index (χ1n) is 4.53. The summed E-state index contributed by atoms with van der Waals surface area (Å²) in [4.78, 5) is 0. The predicted molar refractivity (Wildman–Crippen MR) is 56.9 cm³/mol. The largest absolute Gasteiger partial charge is 0.488 e. The van der Waals surface area contributed by atoms with Crippen LogP contribution < -0.4 is 4.74 Å². The second-order valence-corrected chi connectivity index (χ2v) is 4.10. The predicted octanol–water partition coefficient (Wildman–Crippen LogP) is 3.65. The lowest BCUT2D eigenvalue weighted by Gasteiger charge is -2.21. The maximum absolute atomic E-state index is 13.1. The van der Waals surface area contributed by atoms with Crippen LogP contribution in [0.3, 0.4) is 0 Å². The molecule has 0 spiro atoms. The molecule has 1 aromatic rings. The molecule has 0 aliphatic heterocycles. The van der Waals surface area contributed by atoms with E-state index in [0.29, 0.717) is 11.3 Å². The van der Waals surface area contributed by atoms with Crippen molar-refractivity contribution in [3.63, 3.8) is 0 Å². The van der Waals surface area contributed by atoms with Gasteiger partial charge in [-0.2, -0.15) is 0 Å². The zero-order valence-electron chi connectivity index (χ0n) is 8.80. The van der Waals surface area contributed by atoms with Crippen LogP contribution in [0.2, 0.25) is 0 Å². The number of halogens is 1. The second-order valence-electron chi connectivity index (χ2n) is 4.10. The third-order valence-electron chi connectivity index (χ3n) is 1.61. The monoisotopic (exact) mass is 194 g/mol. The molecule has 0 saturated heterocycles. The molecule has 0 aliphatic carbocycles. The molecule has 0 amide bonds. The fourth-order valence-corrected chi connectivity index (χ4v) is 1.10. The van der Waals surface area contributed by atoms with Crippen molar-refractivity contribution in [2.75, 3.05) is 0 Å². The smallest absolute Gasteiger partial charge is 0.130 e. The maximum atomic E-state index is 13.1. The van der Waals surface area contributed by atoms with Crippen molar-refractivity contribution in [2.45, 2.75) is 26.4 Å². The summed E-state index contributed by atoms with van der Waals surface area (Å²) in [6.07, 6.45) is 1.48. The zero-order valence-corrected chi connectivity index (χ0v) is 8.80. The highest BCUT2D eigenvalue weighted by atomic mass is 19.1. The van der Waals surface area contributed by atoms with E-state index in [1.54, 1.807) is 12.1 Å². The number of hydrogen-bond donors (Lipinski definition) is 0. The van der Waals surface area contributed by atoms with Gasteiger partial charge in [-0.25, -0.2) is 4.39 Å². The minimum Gasteiger partial charge on any atom is -0.488 e. The fraction of sp³-hybridized carbons (Fsp3) is 0.333. The molecule has 0 unspecified atom stereocenters.